The molecule has 4 aromatic heterocycles. The topological polar surface area (TPSA) is 68.6 Å². The van der Waals surface area contributed by atoms with Crippen molar-refractivity contribution >= 4 is 28.5 Å². The molecule has 0 aliphatic carbocycles. The van der Waals surface area contributed by atoms with Crippen molar-refractivity contribution < 1.29 is 4.79 Å². The van der Waals surface area contributed by atoms with Crippen LogP contribution in [0.5, 0.6) is 0 Å². The van der Waals surface area contributed by atoms with Gasteiger partial charge in [0.2, 0.25) is 0 Å². The molecule has 5 nitrogen and oxygen atoms in total. The number of thiophene rings is 2. The zero-order valence-corrected chi connectivity index (χ0v) is 16.5. The minimum absolute atomic E-state index is 0.0301. The third-order valence-corrected chi connectivity index (χ3v) is 5.88. The Kier molecular flexibility index (Phi) is 4.87. The van der Waals surface area contributed by atoms with Gasteiger partial charge < -0.3 is 0 Å². The molecule has 0 saturated heterocycles. The summed E-state index contributed by atoms with van der Waals surface area (Å²) in [5.74, 6) is 0.621. The van der Waals surface area contributed by atoms with E-state index in [2.05, 4.69) is 10.2 Å². The fourth-order valence-corrected chi connectivity index (χ4v) is 4.22. The van der Waals surface area contributed by atoms with E-state index in [1.807, 2.05) is 54.9 Å². The minimum Gasteiger partial charge on any atom is -0.292 e. The average molecular weight is 393 g/mol. The monoisotopic (exact) mass is 392 g/mol. The van der Waals surface area contributed by atoms with Crippen LogP contribution in [0.25, 0.3) is 32.5 Å². The fourth-order valence-electron chi connectivity index (χ4n) is 2.85. The van der Waals surface area contributed by atoms with Crippen molar-refractivity contribution in [3.8, 4) is 32.5 Å². The Balaban J connectivity index is 1.93. The molecule has 0 spiro atoms. The molecule has 4 heterocycles. The summed E-state index contributed by atoms with van der Waals surface area (Å²) in [4.78, 5) is 23.6. The zero-order chi connectivity index (χ0) is 18.8. The maximum Gasteiger partial charge on any atom is 0.192 e. The van der Waals surface area contributed by atoms with Gasteiger partial charge in [-0.2, -0.15) is 5.10 Å². The zero-order valence-electron chi connectivity index (χ0n) is 14.8. The molecular weight excluding hydrogens is 376 g/mol. The second-order valence-electron chi connectivity index (χ2n) is 5.94. The smallest absolute Gasteiger partial charge is 0.192 e. The number of aromatic nitrogens is 4. The predicted octanol–water partition coefficient (Wildman–Crippen LogP) is 5.29. The number of aryl methyl sites for hydroxylation is 1. The number of carbonyl (C=O) groups is 1. The third kappa shape index (κ3) is 3.43. The van der Waals surface area contributed by atoms with Crippen LogP contribution in [0.3, 0.4) is 0 Å². The van der Waals surface area contributed by atoms with Crippen molar-refractivity contribution in [1.29, 1.82) is 0 Å². The van der Waals surface area contributed by atoms with E-state index >= 15 is 0 Å². The van der Waals surface area contributed by atoms with Gasteiger partial charge in [-0.15, -0.1) is 27.8 Å². The second-order valence-corrected chi connectivity index (χ2v) is 7.84. The van der Waals surface area contributed by atoms with Crippen LogP contribution in [0, 0.1) is 6.92 Å². The number of Topliss-reactive ketones (excluding diaryl/α,β-unsaturated/α-hetero) is 1. The van der Waals surface area contributed by atoms with Gasteiger partial charge in [-0.3, -0.25) is 4.79 Å². The number of nitrogens with zero attached hydrogens (tertiary/aromatic N) is 4. The lowest BCUT2D eigenvalue weighted by Crippen LogP contribution is -2.05. The molecule has 0 amide bonds. The van der Waals surface area contributed by atoms with Crippen LogP contribution in [0.2, 0.25) is 0 Å². The van der Waals surface area contributed by atoms with E-state index in [1.165, 1.54) is 0 Å². The first kappa shape index (κ1) is 17.6. The van der Waals surface area contributed by atoms with Crippen molar-refractivity contribution in [2.45, 2.75) is 20.3 Å². The van der Waals surface area contributed by atoms with Crippen molar-refractivity contribution in [3.05, 3.63) is 58.5 Å². The van der Waals surface area contributed by atoms with E-state index in [1.54, 1.807) is 28.9 Å². The summed E-state index contributed by atoms with van der Waals surface area (Å²) in [7, 11) is 0. The van der Waals surface area contributed by atoms with E-state index in [4.69, 9.17) is 9.97 Å². The molecule has 0 fully saturated rings. The first-order chi connectivity index (χ1) is 13.2. The highest BCUT2D eigenvalue weighted by molar-refractivity contribution is 7.13. The molecule has 0 atom stereocenters. The number of pyridine rings is 1. The molecule has 0 aliphatic rings. The van der Waals surface area contributed by atoms with Crippen LogP contribution < -0.4 is 0 Å². The lowest BCUT2D eigenvalue weighted by Gasteiger charge is -2.12. The molecule has 0 bridgehead atoms. The average Bonchev–Trinajstić information content (AvgIpc) is 3.40. The molecule has 0 saturated carbocycles. The van der Waals surface area contributed by atoms with Gasteiger partial charge in [0.25, 0.3) is 0 Å². The Hall–Kier alpha value is -2.77. The molecular formula is C20H16N4OS2. The summed E-state index contributed by atoms with van der Waals surface area (Å²) in [6.45, 7) is 3.83. The largest absolute Gasteiger partial charge is 0.292 e. The molecule has 0 radical (unpaired) electrons. The molecule has 4 aromatic rings. The summed E-state index contributed by atoms with van der Waals surface area (Å²) in [6, 6.07) is 9.76. The lowest BCUT2D eigenvalue weighted by atomic mass is 10.0. The summed E-state index contributed by atoms with van der Waals surface area (Å²) >= 11 is 3.16. The first-order valence-corrected chi connectivity index (χ1v) is 10.3. The van der Waals surface area contributed by atoms with E-state index < -0.39 is 0 Å². The van der Waals surface area contributed by atoms with Gasteiger partial charge in [-0.1, -0.05) is 19.1 Å². The fraction of sp³-hybridized carbons (Fsp3) is 0.150. The van der Waals surface area contributed by atoms with Crippen LogP contribution in [-0.4, -0.2) is 25.9 Å². The van der Waals surface area contributed by atoms with Gasteiger partial charge in [0.15, 0.2) is 11.6 Å². The van der Waals surface area contributed by atoms with Crippen LogP contribution in [0.1, 0.15) is 29.4 Å². The van der Waals surface area contributed by atoms with Gasteiger partial charge in [-0.05, 0) is 41.4 Å². The number of ketones is 1. The quantitative estimate of drug-likeness (QED) is 0.432. The van der Waals surface area contributed by atoms with E-state index in [9.17, 15) is 4.79 Å². The van der Waals surface area contributed by atoms with Crippen LogP contribution in [0.15, 0.2) is 47.3 Å². The Bertz CT molecular complexity index is 1090. The Morgan fingerprint density at radius 3 is 2.48 bits per heavy atom. The number of hydrogen-bond acceptors (Lipinski definition) is 7. The van der Waals surface area contributed by atoms with Gasteiger partial charge in [0, 0.05) is 12.0 Å². The molecule has 0 N–H and O–H groups in total. The molecule has 134 valence electrons. The molecule has 0 aliphatic heterocycles. The van der Waals surface area contributed by atoms with Crippen molar-refractivity contribution in [2.75, 3.05) is 0 Å². The van der Waals surface area contributed by atoms with Gasteiger partial charge in [-0.25, -0.2) is 9.97 Å². The predicted molar refractivity (Wildman–Crippen MR) is 109 cm³/mol. The van der Waals surface area contributed by atoms with Crippen LogP contribution in [0.4, 0.5) is 0 Å². The molecule has 4 rings (SSSR count). The highest BCUT2D eigenvalue weighted by atomic mass is 32.1. The summed E-state index contributed by atoms with van der Waals surface area (Å²) in [6.07, 6.45) is 2.08. The number of carbonyl (C=O) groups excluding carboxylic acids is 1. The SMILES string of the molecule is CCC(=O)c1cc(C)c(-c2cnnc(-c3cccs3)n2)c(-c2cccs2)n1. The molecule has 0 unspecified atom stereocenters. The van der Waals surface area contributed by atoms with Crippen molar-refractivity contribution in [1.82, 2.24) is 20.2 Å². The van der Waals surface area contributed by atoms with Gasteiger partial charge in [0.1, 0.15) is 5.69 Å². The van der Waals surface area contributed by atoms with Crippen molar-refractivity contribution in [3.63, 3.8) is 0 Å². The minimum atomic E-state index is 0.0301. The highest BCUT2D eigenvalue weighted by Crippen LogP contribution is 2.35. The Morgan fingerprint density at radius 2 is 1.81 bits per heavy atom. The molecule has 27 heavy (non-hydrogen) atoms. The third-order valence-electron chi connectivity index (χ3n) is 4.13. The maximum absolute atomic E-state index is 12.2. The van der Waals surface area contributed by atoms with E-state index in [0.717, 1.165) is 26.6 Å². The van der Waals surface area contributed by atoms with Gasteiger partial charge >= 0.3 is 0 Å². The standard InChI is InChI=1S/C20H16N4OS2/c1-3-15(25)13-10-12(2)18(19(22-13)16-6-4-8-26-16)14-11-21-24-20(23-14)17-7-5-9-27-17/h4-11H,3H2,1-2H3. The lowest BCUT2D eigenvalue weighted by molar-refractivity contribution is 0.0983. The van der Waals surface area contributed by atoms with Gasteiger partial charge in [0.05, 0.1) is 27.3 Å². The second kappa shape index (κ2) is 7.46. The van der Waals surface area contributed by atoms with E-state index in [0.29, 0.717) is 23.6 Å². The summed E-state index contributed by atoms with van der Waals surface area (Å²) in [5.41, 5.74) is 3.79. The number of hydrogen-bond donors (Lipinski definition) is 0. The Labute approximate surface area is 164 Å². The molecule has 7 heteroatoms. The van der Waals surface area contributed by atoms with Crippen LogP contribution in [-0.2, 0) is 0 Å². The van der Waals surface area contributed by atoms with E-state index in [-0.39, 0.29) is 5.78 Å². The molecule has 0 aromatic carbocycles. The normalized spacial score (nSPS) is 10.9. The Morgan fingerprint density at radius 1 is 1.07 bits per heavy atom. The van der Waals surface area contributed by atoms with Crippen LogP contribution >= 0.6 is 22.7 Å². The van der Waals surface area contributed by atoms with Crippen molar-refractivity contribution in [2.24, 2.45) is 0 Å². The maximum atomic E-state index is 12.2. The highest BCUT2D eigenvalue weighted by Gasteiger charge is 2.19. The summed E-state index contributed by atoms with van der Waals surface area (Å²) in [5, 5.41) is 12.3. The first-order valence-electron chi connectivity index (χ1n) is 8.50. The summed E-state index contributed by atoms with van der Waals surface area (Å²) < 4.78 is 0. The number of rotatable bonds is 5.